The molecule has 2 aliphatic rings. The first-order valence-electron chi connectivity index (χ1n) is 12.6. The van der Waals surface area contributed by atoms with Crippen LogP contribution >= 0.6 is 11.3 Å². The van der Waals surface area contributed by atoms with Crippen LogP contribution in [0, 0.1) is 11.3 Å². The molecule has 0 radical (unpaired) electrons. The Labute approximate surface area is 231 Å². The highest BCUT2D eigenvalue weighted by Gasteiger charge is 2.46. The molecule has 39 heavy (non-hydrogen) atoms. The number of carbonyl (C=O) groups is 1. The topological polar surface area (TPSA) is 138 Å². The van der Waals surface area contributed by atoms with Crippen LogP contribution in [0.3, 0.4) is 0 Å². The van der Waals surface area contributed by atoms with Crippen LogP contribution in [-0.2, 0) is 16.6 Å². The highest BCUT2D eigenvalue weighted by Crippen LogP contribution is 2.46. The van der Waals surface area contributed by atoms with Crippen LogP contribution in [0.25, 0.3) is 0 Å². The third-order valence-corrected chi connectivity index (χ3v) is 10.4. The van der Waals surface area contributed by atoms with Crippen LogP contribution in [0.15, 0.2) is 58.1 Å². The van der Waals surface area contributed by atoms with Crippen molar-refractivity contribution in [2.24, 2.45) is 11.7 Å². The molecular weight excluding hydrogens is 538 g/mol. The minimum Gasteiger partial charge on any atom is -0.493 e. The van der Waals surface area contributed by atoms with Crippen molar-refractivity contribution < 1.29 is 22.7 Å². The summed E-state index contributed by atoms with van der Waals surface area (Å²) < 4.78 is 40.9. The van der Waals surface area contributed by atoms with Gasteiger partial charge >= 0.3 is 6.03 Å². The molecule has 0 aliphatic carbocycles. The van der Waals surface area contributed by atoms with Gasteiger partial charge in [-0.3, -0.25) is 10.3 Å². The fourth-order valence-electron chi connectivity index (χ4n) is 5.36. The second-order valence-electron chi connectivity index (χ2n) is 9.50. The molecule has 1 saturated heterocycles. The Morgan fingerprint density at radius 1 is 1.08 bits per heavy atom. The van der Waals surface area contributed by atoms with Crippen molar-refractivity contribution in [3.63, 3.8) is 0 Å². The third-order valence-electron chi connectivity index (χ3n) is 7.27. The minimum atomic E-state index is -4.23. The van der Waals surface area contributed by atoms with Crippen molar-refractivity contribution in [1.82, 2.24) is 9.62 Å². The smallest absolute Gasteiger partial charge is 0.339 e. The number of hydrogen-bond donors (Lipinski definition) is 3. The Hall–Kier alpha value is -3.61. The number of nitrogen functional groups attached to an aromatic ring is 1. The number of ether oxygens (including phenoxy) is 2. The largest absolute Gasteiger partial charge is 0.493 e. The fraction of sp³-hybridized carbons (Fsp3) is 0.333. The number of nitrogens with one attached hydrogen (secondary N) is 2. The summed E-state index contributed by atoms with van der Waals surface area (Å²) in [5.74, 6) is 0.676. The summed E-state index contributed by atoms with van der Waals surface area (Å²) in [5, 5.41) is 12.9. The summed E-state index contributed by atoms with van der Waals surface area (Å²) in [6.45, 7) is 1.53. The van der Waals surface area contributed by atoms with Gasteiger partial charge in [-0.15, -0.1) is 11.3 Å². The first kappa shape index (κ1) is 27.0. The van der Waals surface area contributed by atoms with Crippen molar-refractivity contribution in [3.8, 4) is 11.5 Å². The molecule has 12 heteroatoms. The van der Waals surface area contributed by atoms with Crippen LogP contribution in [0.5, 0.6) is 11.5 Å². The number of methoxy groups -OCH3 is 2. The molecule has 1 fully saturated rings. The van der Waals surface area contributed by atoms with Gasteiger partial charge in [-0.1, -0.05) is 18.2 Å². The van der Waals surface area contributed by atoms with Crippen LogP contribution < -0.4 is 25.4 Å². The van der Waals surface area contributed by atoms with E-state index in [-0.39, 0.29) is 22.5 Å². The van der Waals surface area contributed by atoms with Gasteiger partial charge in [-0.2, -0.15) is 0 Å². The molecule has 1 aromatic heterocycles. The SMILES string of the molecule is COc1cc2c(cc1OC)C(C1CCNCC1)N(S(=O)(=O)c1cccs1)C(=O)N(c1cccc(C(=N)N)c1)C2. The zero-order chi connectivity index (χ0) is 27.7. The van der Waals surface area contributed by atoms with E-state index in [2.05, 4.69) is 5.32 Å². The van der Waals surface area contributed by atoms with Crippen molar-refractivity contribution in [2.75, 3.05) is 32.2 Å². The number of fused-ring (bicyclic) bond motifs is 1. The molecule has 0 bridgehead atoms. The quantitative estimate of drug-likeness (QED) is 0.290. The van der Waals surface area contributed by atoms with Crippen LogP contribution in [0.4, 0.5) is 10.5 Å². The number of hydrogen-bond acceptors (Lipinski definition) is 8. The highest BCUT2D eigenvalue weighted by molar-refractivity contribution is 7.91. The summed E-state index contributed by atoms with van der Waals surface area (Å²) in [7, 11) is -1.16. The Kier molecular flexibility index (Phi) is 7.52. The van der Waals surface area contributed by atoms with Crippen molar-refractivity contribution in [1.29, 1.82) is 5.41 Å². The number of thiophene rings is 1. The first-order chi connectivity index (χ1) is 18.8. The van der Waals surface area contributed by atoms with Crippen LogP contribution in [0.1, 0.15) is 35.6 Å². The number of urea groups is 1. The average Bonchev–Trinajstić information content (AvgIpc) is 3.47. The third kappa shape index (κ3) is 4.95. The number of rotatable bonds is 7. The van der Waals surface area contributed by atoms with Gasteiger partial charge in [-0.25, -0.2) is 17.5 Å². The van der Waals surface area contributed by atoms with Gasteiger partial charge in [0.25, 0.3) is 10.0 Å². The van der Waals surface area contributed by atoms with Gasteiger partial charge < -0.3 is 20.5 Å². The highest BCUT2D eigenvalue weighted by atomic mass is 32.2. The number of benzene rings is 2. The molecule has 3 heterocycles. The Morgan fingerprint density at radius 3 is 2.44 bits per heavy atom. The zero-order valence-electron chi connectivity index (χ0n) is 21.7. The maximum Gasteiger partial charge on any atom is 0.339 e. The fourth-order valence-corrected chi connectivity index (χ4v) is 8.03. The Morgan fingerprint density at radius 2 is 1.79 bits per heavy atom. The van der Waals surface area contributed by atoms with Gasteiger partial charge in [-0.05, 0) is 78.7 Å². The number of anilines is 1. The van der Waals surface area contributed by atoms with E-state index in [1.54, 1.807) is 41.8 Å². The van der Waals surface area contributed by atoms with E-state index in [0.29, 0.717) is 41.2 Å². The van der Waals surface area contributed by atoms with Crippen molar-refractivity contribution in [2.45, 2.75) is 29.6 Å². The number of amidine groups is 1. The van der Waals surface area contributed by atoms with Gasteiger partial charge in [0.15, 0.2) is 11.5 Å². The molecule has 206 valence electrons. The molecule has 10 nitrogen and oxygen atoms in total. The normalized spacial score (nSPS) is 18.4. The molecule has 5 rings (SSSR count). The molecule has 2 aromatic carbocycles. The summed E-state index contributed by atoms with van der Waals surface area (Å²) in [4.78, 5) is 15.9. The summed E-state index contributed by atoms with van der Waals surface area (Å²) in [6.07, 6.45) is 1.39. The van der Waals surface area contributed by atoms with E-state index in [4.69, 9.17) is 20.6 Å². The van der Waals surface area contributed by atoms with Gasteiger partial charge in [0.1, 0.15) is 10.0 Å². The summed E-state index contributed by atoms with van der Waals surface area (Å²) >= 11 is 1.08. The summed E-state index contributed by atoms with van der Waals surface area (Å²) in [6, 6.07) is 12.1. The molecule has 4 N–H and O–H groups in total. The minimum absolute atomic E-state index is 0.0911. The lowest BCUT2D eigenvalue weighted by atomic mass is 9.84. The number of sulfonamides is 1. The number of nitrogens with two attached hydrogens (primary N) is 1. The van der Waals surface area contributed by atoms with Crippen LogP contribution in [-0.4, -0.2) is 51.9 Å². The average molecular weight is 570 g/mol. The molecular formula is C27H31N5O5S2. The second-order valence-corrected chi connectivity index (χ2v) is 12.5. The van der Waals surface area contributed by atoms with E-state index in [1.807, 2.05) is 6.07 Å². The number of piperidine rings is 1. The standard InChI is InChI=1S/C27H31N5O5S2/c1-36-22-14-19-16-31(20-6-3-5-18(13-20)26(28)29)27(33)32(39(34,35)24-7-4-12-38-24)25(17-8-10-30-11-9-17)21(19)15-23(22)37-2/h3-7,12-15,17,25,30H,8-11,16H2,1-2H3,(H3,28,29). The van der Waals surface area contributed by atoms with E-state index in [0.717, 1.165) is 34.3 Å². The van der Waals surface area contributed by atoms with Gasteiger partial charge in [0, 0.05) is 11.3 Å². The first-order valence-corrected chi connectivity index (χ1v) is 14.9. The monoisotopic (exact) mass is 569 g/mol. The van der Waals surface area contributed by atoms with E-state index >= 15 is 0 Å². The van der Waals surface area contributed by atoms with E-state index in [9.17, 15) is 13.2 Å². The maximum atomic E-state index is 14.5. The maximum absolute atomic E-state index is 14.5. The van der Waals surface area contributed by atoms with E-state index < -0.39 is 22.1 Å². The molecule has 3 aromatic rings. The molecule has 0 saturated carbocycles. The predicted octanol–water partition coefficient (Wildman–Crippen LogP) is 3.92. The zero-order valence-corrected chi connectivity index (χ0v) is 23.3. The van der Waals surface area contributed by atoms with Gasteiger partial charge in [0.2, 0.25) is 0 Å². The Balaban J connectivity index is 1.78. The van der Waals surface area contributed by atoms with Crippen LogP contribution in [0.2, 0.25) is 0 Å². The molecule has 2 amide bonds. The molecule has 1 atom stereocenters. The van der Waals surface area contributed by atoms with E-state index in [1.165, 1.54) is 25.2 Å². The van der Waals surface area contributed by atoms with Gasteiger partial charge in [0.05, 0.1) is 26.8 Å². The molecule has 1 unspecified atom stereocenters. The lowest BCUT2D eigenvalue weighted by Gasteiger charge is -2.38. The number of nitrogens with zero attached hydrogens (tertiary/aromatic N) is 2. The molecule has 0 spiro atoms. The number of amides is 2. The lowest BCUT2D eigenvalue weighted by Crippen LogP contribution is -2.48. The summed E-state index contributed by atoms with van der Waals surface area (Å²) in [5.41, 5.74) is 8.07. The van der Waals surface area contributed by atoms with Crippen molar-refractivity contribution in [3.05, 3.63) is 70.6 Å². The predicted molar refractivity (Wildman–Crippen MR) is 150 cm³/mol. The molecule has 2 aliphatic heterocycles. The Bertz CT molecular complexity index is 1490. The number of carbonyl (C=O) groups excluding carboxylic acids is 1. The van der Waals surface area contributed by atoms with Crippen molar-refractivity contribution >= 4 is 38.9 Å². The lowest BCUT2D eigenvalue weighted by molar-refractivity contribution is 0.189. The second kappa shape index (κ2) is 10.9.